The van der Waals surface area contributed by atoms with Crippen LogP contribution in [-0.2, 0) is 4.79 Å². The highest BCUT2D eigenvalue weighted by atomic mass is 16.1. The van der Waals surface area contributed by atoms with Gasteiger partial charge in [0.15, 0.2) is 0 Å². The van der Waals surface area contributed by atoms with Crippen LogP contribution in [0.15, 0.2) is 0 Å². The van der Waals surface area contributed by atoms with Gasteiger partial charge in [0.25, 0.3) is 0 Å². The Bertz CT molecular complexity index is 116. The molecular formula is C8H15NO. The van der Waals surface area contributed by atoms with Crippen LogP contribution in [0.3, 0.4) is 0 Å². The summed E-state index contributed by atoms with van der Waals surface area (Å²) in [5.74, 6) is 0.597. The van der Waals surface area contributed by atoms with Crippen LogP contribution in [0, 0.1) is 5.92 Å². The van der Waals surface area contributed by atoms with Gasteiger partial charge in [-0.3, -0.25) is 4.79 Å². The van der Waals surface area contributed by atoms with Gasteiger partial charge in [-0.05, 0) is 19.8 Å². The second-order valence-corrected chi connectivity index (χ2v) is 2.88. The lowest BCUT2D eigenvalue weighted by atomic mass is 10.1. The molecule has 0 bridgehead atoms. The van der Waals surface area contributed by atoms with Gasteiger partial charge in [-0.25, -0.2) is 0 Å². The average Bonchev–Trinajstić information content (AvgIpc) is 2.38. The Labute approximate surface area is 62.0 Å². The van der Waals surface area contributed by atoms with Crippen molar-refractivity contribution in [1.82, 2.24) is 5.32 Å². The Morgan fingerprint density at radius 1 is 1.50 bits per heavy atom. The summed E-state index contributed by atoms with van der Waals surface area (Å²) in [5, 5.41) is 2.85. The van der Waals surface area contributed by atoms with E-state index in [2.05, 4.69) is 5.32 Å². The molecule has 0 saturated heterocycles. The molecule has 58 valence electrons. The summed E-state index contributed by atoms with van der Waals surface area (Å²) in [5.41, 5.74) is 0. The largest absolute Gasteiger partial charge is 0.356 e. The van der Waals surface area contributed by atoms with E-state index in [1.54, 1.807) is 0 Å². The molecule has 1 N–H and O–H groups in total. The van der Waals surface area contributed by atoms with E-state index in [1.165, 1.54) is 12.8 Å². The van der Waals surface area contributed by atoms with Crippen LogP contribution in [0.5, 0.6) is 0 Å². The van der Waals surface area contributed by atoms with E-state index in [-0.39, 0.29) is 5.91 Å². The van der Waals surface area contributed by atoms with Crippen molar-refractivity contribution in [2.75, 3.05) is 6.54 Å². The zero-order valence-corrected chi connectivity index (χ0v) is 6.52. The number of carbonyl (C=O) groups excluding carboxylic acids is 1. The molecule has 1 saturated carbocycles. The first-order valence-corrected chi connectivity index (χ1v) is 4.12. The predicted molar refractivity (Wildman–Crippen MR) is 40.6 cm³/mol. The summed E-state index contributed by atoms with van der Waals surface area (Å²) in [7, 11) is 0. The SMILES string of the molecule is CCNC(=O)C1CCCC1. The number of amides is 1. The lowest BCUT2D eigenvalue weighted by Crippen LogP contribution is -2.28. The molecule has 10 heavy (non-hydrogen) atoms. The molecule has 0 aromatic carbocycles. The smallest absolute Gasteiger partial charge is 0.223 e. The molecule has 2 heteroatoms. The van der Waals surface area contributed by atoms with Crippen molar-refractivity contribution >= 4 is 5.91 Å². The Morgan fingerprint density at radius 2 is 2.10 bits per heavy atom. The van der Waals surface area contributed by atoms with Crippen molar-refractivity contribution in [1.29, 1.82) is 0 Å². The first kappa shape index (κ1) is 7.58. The van der Waals surface area contributed by atoms with Gasteiger partial charge in [0, 0.05) is 12.5 Å². The van der Waals surface area contributed by atoms with Crippen LogP contribution in [0.4, 0.5) is 0 Å². The number of carbonyl (C=O) groups is 1. The summed E-state index contributed by atoms with van der Waals surface area (Å²) >= 11 is 0. The lowest BCUT2D eigenvalue weighted by molar-refractivity contribution is -0.124. The second kappa shape index (κ2) is 3.59. The zero-order valence-electron chi connectivity index (χ0n) is 6.52. The number of rotatable bonds is 2. The maximum atomic E-state index is 11.1. The Hall–Kier alpha value is -0.530. The van der Waals surface area contributed by atoms with E-state index in [9.17, 15) is 4.79 Å². The summed E-state index contributed by atoms with van der Waals surface area (Å²) in [4.78, 5) is 11.1. The van der Waals surface area contributed by atoms with Crippen LogP contribution in [-0.4, -0.2) is 12.5 Å². The normalized spacial score (nSPS) is 19.3. The Balaban J connectivity index is 2.25. The van der Waals surface area contributed by atoms with E-state index in [0.29, 0.717) is 5.92 Å². The van der Waals surface area contributed by atoms with Gasteiger partial charge in [-0.15, -0.1) is 0 Å². The fourth-order valence-corrected chi connectivity index (χ4v) is 1.51. The number of nitrogens with one attached hydrogen (secondary N) is 1. The molecule has 0 heterocycles. The quantitative estimate of drug-likeness (QED) is 0.617. The third-order valence-corrected chi connectivity index (χ3v) is 2.08. The third kappa shape index (κ3) is 1.72. The van der Waals surface area contributed by atoms with E-state index in [4.69, 9.17) is 0 Å². The molecule has 0 aromatic heterocycles. The van der Waals surface area contributed by atoms with Crippen molar-refractivity contribution in [2.24, 2.45) is 5.92 Å². The molecule has 0 atom stereocenters. The minimum atomic E-state index is 0.264. The molecule has 0 aliphatic heterocycles. The van der Waals surface area contributed by atoms with Crippen molar-refractivity contribution in [3.63, 3.8) is 0 Å². The monoisotopic (exact) mass is 141 g/mol. The maximum Gasteiger partial charge on any atom is 0.223 e. The molecular weight excluding hydrogens is 126 g/mol. The topological polar surface area (TPSA) is 29.1 Å². The van der Waals surface area contributed by atoms with Crippen LogP contribution in [0.1, 0.15) is 32.6 Å². The van der Waals surface area contributed by atoms with Gasteiger partial charge in [0.05, 0.1) is 0 Å². The first-order chi connectivity index (χ1) is 4.84. The van der Waals surface area contributed by atoms with Gasteiger partial charge in [0.2, 0.25) is 5.91 Å². The Kier molecular flexibility index (Phi) is 2.72. The highest BCUT2D eigenvalue weighted by Gasteiger charge is 2.21. The van der Waals surface area contributed by atoms with Crippen molar-refractivity contribution in [3.8, 4) is 0 Å². The van der Waals surface area contributed by atoms with Gasteiger partial charge in [-0.1, -0.05) is 12.8 Å². The summed E-state index contributed by atoms with van der Waals surface area (Å²) in [6.07, 6.45) is 4.68. The molecule has 1 amide bonds. The van der Waals surface area contributed by atoms with Gasteiger partial charge >= 0.3 is 0 Å². The van der Waals surface area contributed by atoms with Crippen molar-refractivity contribution in [2.45, 2.75) is 32.6 Å². The minimum absolute atomic E-state index is 0.264. The molecule has 0 unspecified atom stereocenters. The van der Waals surface area contributed by atoms with E-state index >= 15 is 0 Å². The van der Waals surface area contributed by atoms with Crippen LogP contribution in [0.25, 0.3) is 0 Å². The molecule has 1 rings (SSSR count). The number of hydrogen-bond acceptors (Lipinski definition) is 1. The van der Waals surface area contributed by atoms with Gasteiger partial charge in [0.1, 0.15) is 0 Å². The zero-order chi connectivity index (χ0) is 7.40. The summed E-state index contributed by atoms with van der Waals surface area (Å²) in [6, 6.07) is 0. The molecule has 1 fully saturated rings. The molecule has 1 aliphatic carbocycles. The molecule has 0 spiro atoms. The molecule has 1 aliphatic rings. The van der Waals surface area contributed by atoms with Crippen LogP contribution < -0.4 is 5.32 Å². The predicted octanol–water partition coefficient (Wildman–Crippen LogP) is 1.31. The van der Waals surface area contributed by atoms with Gasteiger partial charge in [-0.2, -0.15) is 0 Å². The van der Waals surface area contributed by atoms with Crippen molar-refractivity contribution in [3.05, 3.63) is 0 Å². The summed E-state index contributed by atoms with van der Waals surface area (Å²) < 4.78 is 0. The molecule has 2 nitrogen and oxygen atoms in total. The van der Waals surface area contributed by atoms with E-state index < -0.39 is 0 Å². The van der Waals surface area contributed by atoms with Crippen LogP contribution in [0.2, 0.25) is 0 Å². The number of hydrogen-bond donors (Lipinski definition) is 1. The third-order valence-electron chi connectivity index (χ3n) is 2.08. The summed E-state index contributed by atoms with van der Waals surface area (Å²) in [6.45, 7) is 2.74. The maximum absolute atomic E-state index is 11.1. The highest BCUT2D eigenvalue weighted by Crippen LogP contribution is 2.24. The fraction of sp³-hybridized carbons (Fsp3) is 0.875. The standard InChI is InChI=1S/C8H15NO/c1-2-9-8(10)7-5-3-4-6-7/h7H,2-6H2,1H3,(H,9,10). The second-order valence-electron chi connectivity index (χ2n) is 2.88. The lowest BCUT2D eigenvalue weighted by Gasteiger charge is -2.07. The Morgan fingerprint density at radius 3 is 2.60 bits per heavy atom. The molecule has 0 aromatic rings. The van der Waals surface area contributed by atoms with Crippen LogP contribution >= 0.6 is 0 Å². The van der Waals surface area contributed by atoms with Crippen molar-refractivity contribution < 1.29 is 4.79 Å². The first-order valence-electron chi connectivity index (χ1n) is 4.12. The van der Waals surface area contributed by atoms with E-state index in [1.807, 2.05) is 6.92 Å². The van der Waals surface area contributed by atoms with Gasteiger partial charge < -0.3 is 5.32 Å². The van der Waals surface area contributed by atoms with E-state index in [0.717, 1.165) is 19.4 Å². The molecule has 0 radical (unpaired) electrons. The highest BCUT2D eigenvalue weighted by molar-refractivity contribution is 5.78. The fourth-order valence-electron chi connectivity index (χ4n) is 1.51. The average molecular weight is 141 g/mol. The minimum Gasteiger partial charge on any atom is -0.356 e.